The van der Waals surface area contributed by atoms with Gasteiger partial charge >= 0.3 is 0 Å². The molecule has 1 N–H and O–H groups in total. The Labute approximate surface area is 139 Å². The van der Waals surface area contributed by atoms with Crippen molar-refractivity contribution in [2.75, 3.05) is 33.8 Å². The highest BCUT2D eigenvalue weighted by atomic mass is 79.9. The molecular weight excluding hydrogens is 384 g/mol. The molecule has 0 spiro atoms. The first-order valence-electron chi connectivity index (χ1n) is 6.86. The van der Waals surface area contributed by atoms with Crippen LogP contribution in [0.4, 0.5) is 0 Å². The average Bonchev–Trinajstić information content (AvgIpc) is 2.32. The second-order valence-electron chi connectivity index (χ2n) is 5.57. The molecule has 0 aliphatic heterocycles. The van der Waals surface area contributed by atoms with Crippen molar-refractivity contribution in [3.8, 4) is 5.75 Å². The lowest BCUT2D eigenvalue weighted by atomic mass is 10.2. The number of hydrogen-bond donors (Lipinski definition) is 1. The Balaban J connectivity index is 2.61. The van der Waals surface area contributed by atoms with Gasteiger partial charge in [-0.1, -0.05) is 13.8 Å². The van der Waals surface area contributed by atoms with Gasteiger partial charge in [-0.3, -0.25) is 0 Å². The summed E-state index contributed by atoms with van der Waals surface area (Å²) >= 11 is 7.18. The summed E-state index contributed by atoms with van der Waals surface area (Å²) in [4.78, 5) is 2.10. The van der Waals surface area contributed by atoms with Crippen LogP contribution in [0, 0.1) is 5.92 Å². The second-order valence-corrected chi connectivity index (χ2v) is 7.27. The molecule has 0 aliphatic rings. The van der Waals surface area contributed by atoms with E-state index in [9.17, 15) is 0 Å². The highest BCUT2D eigenvalue weighted by Crippen LogP contribution is 2.34. The monoisotopic (exact) mass is 406 g/mol. The van der Waals surface area contributed by atoms with Crippen molar-refractivity contribution in [1.82, 2.24) is 10.2 Å². The molecule has 0 heterocycles. The van der Waals surface area contributed by atoms with Crippen LogP contribution >= 0.6 is 31.9 Å². The van der Waals surface area contributed by atoms with Gasteiger partial charge in [-0.25, -0.2) is 0 Å². The topological polar surface area (TPSA) is 24.5 Å². The van der Waals surface area contributed by atoms with Crippen LogP contribution in [-0.4, -0.2) is 38.7 Å². The van der Waals surface area contributed by atoms with Crippen molar-refractivity contribution in [3.63, 3.8) is 0 Å². The molecule has 0 aliphatic carbocycles. The maximum absolute atomic E-state index is 5.82. The predicted octanol–water partition coefficient (Wildman–Crippen LogP) is 3.90. The number of halogens is 2. The van der Waals surface area contributed by atoms with Gasteiger partial charge in [0.05, 0.1) is 8.95 Å². The third kappa shape index (κ3) is 6.57. The maximum Gasteiger partial charge on any atom is 0.147 e. The molecule has 0 saturated heterocycles. The Hall–Kier alpha value is -0.100. The van der Waals surface area contributed by atoms with Crippen LogP contribution in [0.5, 0.6) is 5.75 Å². The number of rotatable bonds is 8. The van der Waals surface area contributed by atoms with E-state index in [-0.39, 0.29) is 0 Å². The van der Waals surface area contributed by atoms with Crippen molar-refractivity contribution in [1.29, 1.82) is 0 Å². The van der Waals surface area contributed by atoms with Gasteiger partial charge in [0.2, 0.25) is 0 Å². The first kappa shape index (κ1) is 18.0. The minimum Gasteiger partial charge on any atom is -0.490 e. The summed E-state index contributed by atoms with van der Waals surface area (Å²) in [5.41, 5.74) is 1.24. The quantitative estimate of drug-likeness (QED) is 0.707. The normalized spacial score (nSPS) is 11.4. The molecule has 20 heavy (non-hydrogen) atoms. The van der Waals surface area contributed by atoms with E-state index in [0.717, 1.165) is 34.3 Å². The second kappa shape index (κ2) is 9.03. The fourth-order valence-electron chi connectivity index (χ4n) is 1.69. The molecule has 3 nitrogen and oxygen atoms in total. The number of ether oxygens (including phenoxy) is 1. The van der Waals surface area contributed by atoms with Gasteiger partial charge < -0.3 is 15.0 Å². The first-order chi connectivity index (χ1) is 9.40. The number of likely N-dealkylation sites (N-methyl/N-ethyl adjacent to an activating group) is 1. The van der Waals surface area contributed by atoms with Crippen molar-refractivity contribution < 1.29 is 4.74 Å². The standard InChI is InChI=1S/C15H24Br2N2O/c1-11(2)9-18-10-12-7-13(16)15(14(17)8-12)20-6-5-19(3)4/h7-8,11,18H,5-6,9-10H2,1-4H3. The van der Waals surface area contributed by atoms with Crippen LogP contribution < -0.4 is 10.1 Å². The molecule has 0 unspecified atom stereocenters. The molecule has 0 radical (unpaired) electrons. The summed E-state index contributed by atoms with van der Waals surface area (Å²) in [6, 6.07) is 4.23. The molecule has 0 amide bonds. The lowest BCUT2D eigenvalue weighted by molar-refractivity contribution is 0.259. The molecule has 0 fully saturated rings. The zero-order valence-electron chi connectivity index (χ0n) is 12.7. The maximum atomic E-state index is 5.82. The molecule has 1 aromatic carbocycles. The third-order valence-electron chi connectivity index (χ3n) is 2.72. The summed E-state index contributed by atoms with van der Waals surface area (Å²) in [6.45, 7) is 7.89. The van der Waals surface area contributed by atoms with Crippen LogP contribution in [0.2, 0.25) is 0 Å². The fourth-order valence-corrected chi connectivity index (χ4v) is 3.20. The lowest BCUT2D eigenvalue weighted by Gasteiger charge is -2.15. The summed E-state index contributed by atoms with van der Waals surface area (Å²) in [7, 11) is 4.08. The summed E-state index contributed by atoms with van der Waals surface area (Å²) in [5, 5.41) is 3.44. The third-order valence-corrected chi connectivity index (χ3v) is 3.90. The van der Waals surface area contributed by atoms with E-state index in [1.807, 2.05) is 14.1 Å². The van der Waals surface area contributed by atoms with Crippen molar-refractivity contribution >= 4 is 31.9 Å². The summed E-state index contributed by atoms with van der Waals surface area (Å²) in [6.07, 6.45) is 0. The van der Waals surface area contributed by atoms with Gasteiger partial charge in [-0.2, -0.15) is 0 Å². The van der Waals surface area contributed by atoms with E-state index in [1.165, 1.54) is 5.56 Å². The van der Waals surface area contributed by atoms with E-state index < -0.39 is 0 Å². The van der Waals surface area contributed by atoms with Crippen LogP contribution in [0.15, 0.2) is 21.1 Å². The molecule has 0 aromatic heterocycles. The Morgan fingerprint density at radius 2 is 1.80 bits per heavy atom. The number of nitrogens with zero attached hydrogens (tertiary/aromatic N) is 1. The summed E-state index contributed by atoms with van der Waals surface area (Å²) in [5.74, 6) is 1.54. The van der Waals surface area contributed by atoms with E-state index in [4.69, 9.17) is 4.74 Å². The Morgan fingerprint density at radius 1 is 1.20 bits per heavy atom. The van der Waals surface area contributed by atoms with Gasteiger partial charge in [0, 0.05) is 13.1 Å². The SMILES string of the molecule is CC(C)CNCc1cc(Br)c(OCCN(C)C)c(Br)c1. The Kier molecular flexibility index (Phi) is 8.10. The molecule has 0 saturated carbocycles. The highest BCUT2D eigenvalue weighted by Gasteiger charge is 2.09. The van der Waals surface area contributed by atoms with E-state index >= 15 is 0 Å². The molecule has 1 aromatic rings. The van der Waals surface area contributed by atoms with Gasteiger partial charge in [-0.05, 0) is 76.1 Å². The van der Waals surface area contributed by atoms with Crippen LogP contribution in [0.1, 0.15) is 19.4 Å². The minimum atomic E-state index is 0.663. The van der Waals surface area contributed by atoms with E-state index in [1.54, 1.807) is 0 Å². The highest BCUT2D eigenvalue weighted by molar-refractivity contribution is 9.11. The lowest BCUT2D eigenvalue weighted by Crippen LogP contribution is -2.20. The van der Waals surface area contributed by atoms with Gasteiger partial charge in [0.1, 0.15) is 12.4 Å². The predicted molar refractivity (Wildman–Crippen MR) is 92.4 cm³/mol. The van der Waals surface area contributed by atoms with Crippen LogP contribution in [-0.2, 0) is 6.54 Å². The largest absolute Gasteiger partial charge is 0.490 e. The smallest absolute Gasteiger partial charge is 0.147 e. The molecule has 0 bridgehead atoms. The first-order valence-corrected chi connectivity index (χ1v) is 8.45. The Morgan fingerprint density at radius 3 is 2.30 bits per heavy atom. The van der Waals surface area contributed by atoms with E-state index in [2.05, 4.69) is 68.1 Å². The Bertz CT molecular complexity index is 399. The molecular formula is C15H24Br2N2O. The zero-order chi connectivity index (χ0) is 15.1. The number of benzene rings is 1. The minimum absolute atomic E-state index is 0.663. The van der Waals surface area contributed by atoms with Gasteiger partial charge in [0.15, 0.2) is 0 Å². The fraction of sp³-hybridized carbons (Fsp3) is 0.600. The molecule has 5 heteroatoms. The van der Waals surface area contributed by atoms with Crippen molar-refractivity contribution in [3.05, 3.63) is 26.6 Å². The molecule has 114 valence electrons. The van der Waals surface area contributed by atoms with Crippen molar-refractivity contribution in [2.24, 2.45) is 5.92 Å². The summed E-state index contributed by atoms with van der Waals surface area (Å²) < 4.78 is 7.81. The molecule has 1 rings (SSSR count). The van der Waals surface area contributed by atoms with Crippen molar-refractivity contribution in [2.45, 2.75) is 20.4 Å². The van der Waals surface area contributed by atoms with Gasteiger partial charge in [-0.15, -0.1) is 0 Å². The van der Waals surface area contributed by atoms with E-state index in [0.29, 0.717) is 12.5 Å². The average molecular weight is 408 g/mol. The zero-order valence-corrected chi connectivity index (χ0v) is 15.8. The van der Waals surface area contributed by atoms with Crippen LogP contribution in [0.3, 0.4) is 0 Å². The number of hydrogen-bond acceptors (Lipinski definition) is 3. The van der Waals surface area contributed by atoms with Gasteiger partial charge in [0.25, 0.3) is 0 Å². The van der Waals surface area contributed by atoms with Crippen LogP contribution in [0.25, 0.3) is 0 Å². The molecule has 0 atom stereocenters. The number of nitrogens with one attached hydrogen (secondary N) is 1.